The number of nitrogen functional groups attached to an aromatic ring is 1. The van der Waals surface area contributed by atoms with Crippen molar-refractivity contribution < 1.29 is 9.47 Å². The van der Waals surface area contributed by atoms with Crippen LogP contribution in [0.3, 0.4) is 0 Å². The van der Waals surface area contributed by atoms with Crippen molar-refractivity contribution >= 4 is 22.9 Å². The predicted octanol–water partition coefficient (Wildman–Crippen LogP) is 1.26. The Kier molecular flexibility index (Phi) is 2.93. The minimum absolute atomic E-state index is 0.171. The molecule has 0 aromatic carbocycles. The highest BCUT2D eigenvalue weighted by atomic mass is 16.7. The number of hydrogen-bond donors (Lipinski definition) is 2. The van der Waals surface area contributed by atoms with Crippen molar-refractivity contribution in [1.82, 2.24) is 19.5 Å². The average molecular weight is 290 g/mol. The van der Waals surface area contributed by atoms with Gasteiger partial charge in [0.1, 0.15) is 0 Å². The summed E-state index contributed by atoms with van der Waals surface area (Å²) in [5.74, 6) is 0.933. The largest absolute Gasteiger partial charge is 0.368 e. The normalized spacial score (nSPS) is 25.6. The lowest BCUT2D eigenvalue weighted by Gasteiger charge is -2.12. The van der Waals surface area contributed by atoms with E-state index in [4.69, 9.17) is 15.2 Å². The van der Waals surface area contributed by atoms with Crippen molar-refractivity contribution in [3.8, 4) is 0 Å². The Balaban J connectivity index is 1.71. The maximum Gasteiger partial charge on any atom is 0.224 e. The van der Waals surface area contributed by atoms with Gasteiger partial charge in [-0.15, -0.1) is 0 Å². The molecule has 0 spiro atoms. The number of nitrogens with zero attached hydrogens (tertiary/aromatic N) is 4. The van der Waals surface area contributed by atoms with Crippen LogP contribution in [0.15, 0.2) is 6.33 Å². The highest BCUT2D eigenvalue weighted by Gasteiger charge is 2.29. The quantitative estimate of drug-likeness (QED) is 0.874. The summed E-state index contributed by atoms with van der Waals surface area (Å²) in [6, 6.07) is 0.475. The second-order valence-corrected chi connectivity index (χ2v) is 5.43. The van der Waals surface area contributed by atoms with E-state index in [0.717, 1.165) is 24.8 Å². The van der Waals surface area contributed by atoms with E-state index >= 15 is 0 Å². The molecule has 0 bridgehead atoms. The molecule has 2 aromatic rings. The second kappa shape index (κ2) is 4.81. The number of anilines is 2. The summed E-state index contributed by atoms with van der Waals surface area (Å²) in [7, 11) is 0. The van der Waals surface area contributed by atoms with Crippen LogP contribution in [-0.4, -0.2) is 38.5 Å². The summed E-state index contributed by atoms with van der Waals surface area (Å²) in [5, 5.41) is 3.34. The minimum Gasteiger partial charge on any atom is -0.368 e. The molecule has 2 unspecified atom stereocenters. The zero-order chi connectivity index (χ0) is 14.4. The van der Waals surface area contributed by atoms with Gasteiger partial charge in [-0.05, 0) is 19.3 Å². The fourth-order valence-electron chi connectivity index (χ4n) is 2.47. The van der Waals surface area contributed by atoms with Gasteiger partial charge >= 0.3 is 0 Å². The lowest BCUT2D eigenvalue weighted by atomic mass is 10.4. The molecule has 112 valence electrons. The predicted molar refractivity (Wildman–Crippen MR) is 76.5 cm³/mol. The lowest BCUT2D eigenvalue weighted by Crippen LogP contribution is -2.13. The molecule has 8 heteroatoms. The van der Waals surface area contributed by atoms with E-state index in [2.05, 4.69) is 20.3 Å². The fourth-order valence-corrected chi connectivity index (χ4v) is 2.47. The maximum absolute atomic E-state index is 5.83. The summed E-state index contributed by atoms with van der Waals surface area (Å²) in [4.78, 5) is 13.0. The first kappa shape index (κ1) is 12.8. The molecular weight excluding hydrogens is 272 g/mol. The standard InChI is InChI=1S/C13H18N6O2/c1-2-9-20-5-8(21-9)19-6-15-10-11(16-7-3-4-7)17-13(14)18-12(10)19/h6-9H,2-5H2,1H3,(H3,14,16,17,18). The first-order chi connectivity index (χ1) is 10.2. The van der Waals surface area contributed by atoms with E-state index in [1.165, 1.54) is 0 Å². The number of rotatable bonds is 4. The highest BCUT2D eigenvalue weighted by molar-refractivity contribution is 5.84. The summed E-state index contributed by atoms with van der Waals surface area (Å²) >= 11 is 0. The fraction of sp³-hybridized carbons (Fsp3) is 0.615. The van der Waals surface area contributed by atoms with Crippen molar-refractivity contribution in [1.29, 1.82) is 0 Å². The van der Waals surface area contributed by atoms with Gasteiger partial charge in [0.05, 0.1) is 12.9 Å². The summed E-state index contributed by atoms with van der Waals surface area (Å²) in [6.45, 7) is 2.51. The monoisotopic (exact) mass is 290 g/mol. The van der Waals surface area contributed by atoms with Gasteiger partial charge < -0.3 is 20.5 Å². The van der Waals surface area contributed by atoms with Gasteiger partial charge in [0.25, 0.3) is 0 Å². The van der Waals surface area contributed by atoms with Crippen LogP contribution in [0.2, 0.25) is 0 Å². The zero-order valence-electron chi connectivity index (χ0n) is 11.8. The highest BCUT2D eigenvalue weighted by Crippen LogP contribution is 2.30. The molecule has 1 saturated carbocycles. The zero-order valence-corrected chi connectivity index (χ0v) is 11.8. The number of nitrogens with two attached hydrogens (primary N) is 1. The maximum atomic E-state index is 5.83. The minimum atomic E-state index is -0.219. The molecule has 8 nitrogen and oxygen atoms in total. The molecule has 3 N–H and O–H groups in total. The van der Waals surface area contributed by atoms with Crippen LogP contribution in [0, 0.1) is 0 Å². The molecule has 2 atom stereocenters. The van der Waals surface area contributed by atoms with Gasteiger partial charge in [-0.3, -0.25) is 4.57 Å². The molecule has 1 saturated heterocycles. The van der Waals surface area contributed by atoms with Gasteiger partial charge in [-0.1, -0.05) is 6.92 Å². The smallest absolute Gasteiger partial charge is 0.224 e. The van der Waals surface area contributed by atoms with Crippen LogP contribution in [0.25, 0.3) is 11.2 Å². The Bertz CT molecular complexity index is 668. The number of hydrogen-bond acceptors (Lipinski definition) is 7. The first-order valence-electron chi connectivity index (χ1n) is 7.28. The molecule has 21 heavy (non-hydrogen) atoms. The molecule has 1 aliphatic heterocycles. The third kappa shape index (κ3) is 2.30. The van der Waals surface area contributed by atoms with E-state index in [1.54, 1.807) is 6.33 Å². The molecule has 0 amide bonds. The molecule has 3 heterocycles. The van der Waals surface area contributed by atoms with Gasteiger partial charge in [0, 0.05) is 6.04 Å². The Hall–Kier alpha value is -1.93. The summed E-state index contributed by atoms with van der Waals surface area (Å²) in [5.41, 5.74) is 7.22. The lowest BCUT2D eigenvalue weighted by molar-refractivity contribution is -0.0715. The number of aromatic nitrogens is 4. The van der Waals surface area contributed by atoms with Crippen LogP contribution in [0.1, 0.15) is 32.4 Å². The van der Waals surface area contributed by atoms with Crippen LogP contribution in [0.4, 0.5) is 11.8 Å². The summed E-state index contributed by atoms with van der Waals surface area (Å²) < 4.78 is 13.2. The molecule has 2 aliphatic rings. The molecule has 1 aliphatic carbocycles. The summed E-state index contributed by atoms with van der Waals surface area (Å²) in [6.07, 6.45) is 4.45. The Morgan fingerprint density at radius 1 is 1.43 bits per heavy atom. The van der Waals surface area contributed by atoms with E-state index in [9.17, 15) is 0 Å². The molecule has 2 aromatic heterocycles. The van der Waals surface area contributed by atoms with Crippen molar-refractivity contribution in [3.05, 3.63) is 6.33 Å². The second-order valence-electron chi connectivity index (χ2n) is 5.43. The molecular formula is C13H18N6O2. The van der Waals surface area contributed by atoms with Gasteiger partial charge in [0.2, 0.25) is 5.95 Å². The number of ether oxygens (including phenoxy) is 2. The Labute approximate surface area is 121 Å². The van der Waals surface area contributed by atoms with Crippen LogP contribution in [0.5, 0.6) is 0 Å². The third-order valence-electron chi connectivity index (χ3n) is 3.73. The SMILES string of the molecule is CCC1OCC(n2cnc3c(NC4CC4)nc(N)nc32)O1. The Morgan fingerprint density at radius 3 is 3.00 bits per heavy atom. The molecule has 4 rings (SSSR count). The van der Waals surface area contributed by atoms with E-state index < -0.39 is 0 Å². The van der Waals surface area contributed by atoms with Crippen LogP contribution < -0.4 is 11.1 Å². The van der Waals surface area contributed by atoms with E-state index in [1.807, 2.05) is 11.5 Å². The van der Waals surface area contributed by atoms with Gasteiger partial charge in [0.15, 0.2) is 29.5 Å². The van der Waals surface area contributed by atoms with Crippen LogP contribution >= 0.6 is 0 Å². The number of imidazole rings is 1. The van der Waals surface area contributed by atoms with E-state index in [-0.39, 0.29) is 18.5 Å². The third-order valence-corrected chi connectivity index (χ3v) is 3.73. The number of nitrogens with one attached hydrogen (secondary N) is 1. The topological polar surface area (TPSA) is 100 Å². The van der Waals surface area contributed by atoms with Crippen molar-refractivity contribution in [3.63, 3.8) is 0 Å². The molecule has 0 radical (unpaired) electrons. The average Bonchev–Trinajstić information content (AvgIpc) is 3.01. The molecule has 2 fully saturated rings. The Morgan fingerprint density at radius 2 is 2.29 bits per heavy atom. The van der Waals surface area contributed by atoms with Gasteiger partial charge in [-0.25, -0.2) is 4.98 Å². The van der Waals surface area contributed by atoms with Crippen molar-refractivity contribution in [2.75, 3.05) is 17.7 Å². The first-order valence-corrected chi connectivity index (χ1v) is 7.28. The van der Waals surface area contributed by atoms with E-state index in [0.29, 0.717) is 24.1 Å². The van der Waals surface area contributed by atoms with Crippen LogP contribution in [-0.2, 0) is 9.47 Å². The van der Waals surface area contributed by atoms with Crippen molar-refractivity contribution in [2.24, 2.45) is 0 Å². The number of fused-ring (bicyclic) bond motifs is 1. The van der Waals surface area contributed by atoms with Gasteiger partial charge in [-0.2, -0.15) is 9.97 Å². The van der Waals surface area contributed by atoms with Crippen molar-refractivity contribution in [2.45, 2.75) is 44.7 Å².